The van der Waals surface area contributed by atoms with Gasteiger partial charge in [-0.1, -0.05) is 29.4 Å². The molecule has 7 heteroatoms. The second kappa shape index (κ2) is 7.15. The van der Waals surface area contributed by atoms with E-state index in [4.69, 9.17) is 4.52 Å². The van der Waals surface area contributed by atoms with Crippen molar-refractivity contribution in [1.29, 1.82) is 0 Å². The van der Waals surface area contributed by atoms with E-state index >= 15 is 0 Å². The number of nitrogens with zero attached hydrogens (tertiary/aromatic N) is 4. The molecule has 3 aromatic rings. The highest BCUT2D eigenvalue weighted by atomic mass is 16.5. The van der Waals surface area contributed by atoms with Crippen LogP contribution in [-0.4, -0.2) is 50.5 Å². The lowest BCUT2D eigenvalue weighted by molar-refractivity contribution is 0.0692. The average molecular weight is 391 g/mol. The average Bonchev–Trinajstić information content (AvgIpc) is 3.47. The molecule has 4 heterocycles. The highest BCUT2D eigenvalue weighted by Gasteiger charge is 2.49. The van der Waals surface area contributed by atoms with Crippen molar-refractivity contribution in [3.05, 3.63) is 71.1 Å². The Balaban J connectivity index is 1.43. The number of nitrogens with one attached hydrogen (secondary N) is 1. The Labute approximate surface area is 169 Å². The maximum absolute atomic E-state index is 13.3. The van der Waals surface area contributed by atoms with E-state index in [1.165, 1.54) is 11.1 Å². The third kappa shape index (κ3) is 3.25. The summed E-state index contributed by atoms with van der Waals surface area (Å²) in [6, 6.07) is 12.2. The Morgan fingerprint density at radius 3 is 2.76 bits per heavy atom. The number of hydrogen-bond donors (Lipinski definition) is 1. The summed E-state index contributed by atoms with van der Waals surface area (Å²) in [6.45, 7) is 7.25. The highest BCUT2D eigenvalue weighted by molar-refractivity contribution is 5.93. The van der Waals surface area contributed by atoms with E-state index in [1.807, 2.05) is 19.1 Å². The van der Waals surface area contributed by atoms with Gasteiger partial charge in [-0.15, -0.1) is 0 Å². The van der Waals surface area contributed by atoms with E-state index < -0.39 is 0 Å². The van der Waals surface area contributed by atoms with Crippen LogP contribution in [0.1, 0.15) is 39.4 Å². The number of rotatable bonds is 4. The van der Waals surface area contributed by atoms with Gasteiger partial charge in [0.15, 0.2) is 5.82 Å². The zero-order valence-corrected chi connectivity index (χ0v) is 16.7. The van der Waals surface area contributed by atoms with Crippen LogP contribution in [0, 0.1) is 25.7 Å². The minimum atomic E-state index is 0.0754. The number of likely N-dealkylation sites (tertiary alicyclic amines) is 2. The van der Waals surface area contributed by atoms with Crippen molar-refractivity contribution in [3.63, 3.8) is 0 Å². The van der Waals surface area contributed by atoms with Gasteiger partial charge in [-0.2, -0.15) is 4.98 Å². The summed E-state index contributed by atoms with van der Waals surface area (Å²) >= 11 is 0. The number of hydrogen-bond acceptors (Lipinski definition) is 5. The first-order valence-corrected chi connectivity index (χ1v) is 10.1. The van der Waals surface area contributed by atoms with Gasteiger partial charge >= 0.3 is 0 Å². The molecule has 2 aliphatic rings. The molecule has 0 radical (unpaired) electrons. The van der Waals surface area contributed by atoms with Gasteiger partial charge in [0.1, 0.15) is 5.69 Å². The van der Waals surface area contributed by atoms with Crippen molar-refractivity contribution in [1.82, 2.24) is 24.9 Å². The number of aryl methyl sites for hydroxylation is 2. The molecule has 2 fully saturated rings. The topological polar surface area (TPSA) is 78.3 Å². The maximum atomic E-state index is 13.3. The molecule has 2 saturated heterocycles. The summed E-state index contributed by atoms with van der Waals surface area (Å²) in [5, 5.41) is 3.90. The summed E-state index contributed by atoms with van der Waals surface area (Å²) in [5.74, 6) is 2.23. The van der Waals surface area contributed by atoms with Crippen LogP contribution in [0.15, 0.2) is 47.1 Å². The van der Waals surface area contributed by atoms with Gasteiger partial charge in [0.05, 0.1) is 12.6 Å². The molecule has 7 nitrogen and oxygen atoms in total. The molecular formula is C22H25N5O2. The second-order valence-corrected chi connectivity index (χ2v) is 8.20. The molecule has 2 aromatic heterocycles. The molecule has 2 aliphatic heterocycles. The number of carbonyl (C=O) groups excluding carboxylic acids is 1. The number of aromatic amines is 1. The van der Waals surface area contributed by atoms with Crippen LogP contribution in [0.5, 0.6) is 0 Å². The summed E-state index contributed by atoms with van der Waals surface area (Å²) in [5.41, 5.74) is 3.13. The molecule has 0 spiro atoms. The standard InChI is InChI=1S/C22H25N5O2/c1-14-6-3-4-7-17(14)21-18-12-26(13-20-24-15(2)25-29-20)10-16(18)11-27(21)22(28)19-8-5-9-23-19/h3-9,16,18,21,23H,10-13H2,1-2H3/t16-,18-,21-/m0/s1. The van der Waals surface area contributed by atoms with Gasteiger partial charge in [-0.05, 0) is 43.0 Å². The van der Waals surface area contributed by atoms with Crippen molar-refractivity contribution < 1.29 is 9.32 Å². The fourth-order valence-corrected chi connectivity index (χ4v) is 5.01. The minimum absolute atomic E-state index is 0.0754. The SMILES string of the molecule is Cc1noc(CN2C[C@H]3CN(C(=O)c4ccc[nH]4)[C@@H](c4ccccc4C)[C@H]3C2)n1. The zero-order chi connectivity index (χ0) is 20.0. The van der Waals surface area contributed by atoms with Gasteiger partial charge in [-0.25, -0.2) is 0 Å². The summed E-state index contributed by atoms with van der Waals surface area (Å²) in [6.07, 6.45) is 1.81. The van der Waals surface area contributed by atoms with Crippen LogP contribution < -0.4 is 0 Å². The molecule has 3 atom stereocenters. The Bertz CT molecular complexity index is 1010. The number of aromatic nitrogens is 3. The van der Waals surface area contributed by atoms with E-state index in [9.17, 15) is 4.79 Å². The van der Waals surface area contributed by atoms with Gasteiger partial charge in [0.25, 0.3) is 5.91 Å². The zero-order valence-electron chi connectivity index (χ0n) is 16.7. The molecule has 0 unspecified atom stereocenters. The molecule has 150 valence electrons. The quantitative estimate of drug-likeness (QED) is 0.740. The van der Waals surface area contributed by atoms with Crippen molar-refractivity contribution in [2.75, 3.05) is 19.6 Å². The van der Waals surface area contributed by atoms with Crippen LogP contribution >= 0.6 is 0 Å². The van der Waals surface area contributed by atoms with Crippen LogP contribution in [0.2, 0.25) is 0 Å². The lowest BCUT2D eigenvalue weighted by Crippen LogP contribution is -2.36. The first-order valence-electron chi connectivity index (χ1n) is 10.1. The van der Waals surface area contributed by atoms with Crippen LogP contribution in [0.25, 0.3) is 0 Å². The Hall–Kier alpha value is -2.93. The summed E-state index contributed by atoms with van der Waals surface area (Å²) in [4.78, 5) is 25.1. The molecule has 0 bridgehead atoms. The summed E-state index contributed by atoms with van der Waals surface area (Å²) in [7, 11) is 0. The normalized spacial score (nSPS) is 24.2. The number of H-pyrrole nitrogens is 1. The van der Waals surface area contributed by atoms with Gasteiger partial charge in [-0.3, -0.25) is 9.69 Å². The lowest BCUT2D eigenvalue weighted by Gasteiger charge is -2.30. The van der Waals surface area contributed by atoms with Crippen LogP contribution in [-0.2, 0) is 6.54 Å². The number of fused-ring (bicyclic) bond motifs is 1. The lowest BCUT2D eigenvalue weighted by atomic mass is 9.87. The third-order valence-electron chi connectivity index (χ3n) is 6.26. The Morgan fingerprint density at radius 2 is 2.03 bits per heavy atom. The predicted octanol–water partition coefficient (Wildman–Crippen LogP) is 2.96. The number of benzene rings is 1. The predicted molar refractivity (Wildman–Crippen MR) is 107 cm³/mol. The monoisotopic (exact) mass is 391 g/mol. The molecule has 1 aromatic carbocycles. The second-order valence-electron chi connectivity index (χ2n) is 8.20. The smallest absolute Gasteiger partial charge is 0.270 e. The molecule has 0 saturated carbocycles. The largest absolute Gasteiger partial charge is 0.357 e. The molecule has 1 amide bonds. The first kappa shape index (κ1) is 18.1. The van der Waals surface area contributed by atoms with Crippen LogP contribution in [0.3, 0.4) is 0 Å². The van der Waals surface area contributed by atoms with E-state index in [1.54, 1.807) is 6.20 Å². The summed E-state index contributed by atoms with van der Waals surface area (Å²) < 4.78 is 5.32. The third-order valence-corrected chi connectivity index (χ3v) is 6.26. The minimum Gasteiger partial charge on any atom is -0.357 e. The molecule has 1 N–H and O–H groups in total. The molecule has 0 aliphatic carbocycles. The number of amides is 1. The van der Waals surface area contributed by atoms with Crippen molar-refractivity contribution >= 4 is 5.91 Å². The van der Waals surface area contributed by atoms with E-state index in [-0.39, 0.29) is 11.9 Å². The van der Waals surface area contributed by atoms with Crippen molar-refractivity contribution in [3.8, 4) is 0 Å². The fraction of sp³-hybridized carbons (Fsp3) is 0.409. The van der Waals surface area contributed by atoms with E-state index in [0.29, 0.717) is 35.8 Å². The van der Waals surface area contributed by atoms with Gasteiger partial charge < -0.3 is 14.4 Å². The first-order chi connectivity index (χ1) is 14.1. The Kier molecular flexibility index (Phi) is 4.47. The molecule has 29 heavy (non-hydrogen) atoms. The molecular weight excluding hydrogens is 366 g/mol. The molecule has 5 rings (SSSR count). The van der Waals surface area contributed by atoms with E-state index in [2.05, 4.69) is 56.1 Å². The number of carbonyl (C=O) groups is 1. The van der Waals surface area contributed by atoms with Crippen molar-refractivity contribution in [2.24, 2.45) is 11.8 Å². The van der Waals surface area contributed by atoms with Crippen molar-refractivity contribution in [2.45, 2.75) is 26.4 Å². The fourth-order valence-electron chi connectivity index (χ4n) is 5.01. The van der Waals surface area contributed by atoms with Gasteiger partial charge in [0, 0.05) is 31.7 Å². The van der Waals surface area contributed by atoms with Gasteiger partial charge in [0.2, 0.25) is 5.89 Å². The Morgan fingerprint density at radius 1 is 1.17 bits per heavy atom. The van der Waals surface area contributed by atoms with Crippen LogP contribution in [0.4, 0.5) is 0 Å². The van der Waals surface area contributed by atoms with E-state index in [0.717, 1.165) is 19.6 Å². The maximum Gasteiger partial charge on any atom is 0.270 e. The highest BCUT2D eigenvalue weighted by Crippen LogP contribution is 2.46.